The number of likely N-dealkylation sites (tertiary alicyclic amines) is 2. The smallest absolute Gasteiger partial charge is 0.223 e. The fraction of sp³-hybridized carbons (Fsp3) is 0.947. The molecule has 3 saturated heterocycles. The Bertz CT molecular complexity index is 420. The number of nitrogens with one attached hydrogen (secondary N) is 2. The molecule has 25 heavy (non-hydrogen) atoms. The minimum Gasteiger partial charge on any atom is -0.354 e. The van der Waals surface area contributed by atoms with Gasteiger partial charge in [-0.25, -0.2) is 0 Å². The Kier molecular flexibility index (Phi) is 7.99. The first-order valence-electron chi connectivity index (χ1n) is 10.0. The molecule has 3 aliphatic rings. The number of hydrogen-bond acceptors (Lipinski definition) is 4. The highest BCUT2D eigenvalue weighted by Gasteiger charge is 2.40. The van der Waals surface area contributed by atoms with Gasteiger partial charge >= 0.3 is 0 Å². The van der Waals surface area contributed by atoms with Crippen molar-refractivity contribution in [2.75, 3.05) is 46.3 Å². The van der Waals surface area contributed by atoms with Crippen LogP contribution in [0.5, 0.6) is 0 Å². The Morgan fingerprint density at radius 1 is 1.16 bits per heavy atom. The van der Waals surface area contributed by atoms with Crippen LogP contribution >= 0.6 is 12.4 Å². The van der Waals surface area contributed by atoms with E-state index in [-0.39, 0.29) is 23.9 Å². The van der Waals surface area contributed by atoms with E-state index in [1.54, 1.807) is 0 Å². The Morgan fingerprint density at radius 2 is 1.84 bits per heavy atom. The van der Waals surface area contributed by atoms with E-state index in [9.17, 15) is 4.79 Å². The zero-order valence-electron chi connectivity index (χ0n) is 16.1. The molecule has 6 heteroatoms. The second-order valence-electron chi connectivity index (χ2n) is 8.37. The standard InChI is InChI=1S/C19H36N4O.ClH/c1-16-14-17(6-9-20-16)18(24)21-15-19(7-12-22(2)13-8-19)23-10-4-3-5-11-23;/h16-17,20H,3-15H2,1-2H3,(H,21,24);1H/t16-,17-;/m0./s1. The third kappa shape index (κ3) is 5.31. The van der Waals surface area contributed by atoms with E-state index in [4.69, 9.17) is 0 Å². The second-order valence-corrected chi connectivity index (χ2v) is 8.37. The summed E-state index contributed by atoms with van der Waals surface area (Å²) in [4.78, 5) is 17.8. The van der Waals surface area contributed by atoms with Crippen molar-refractivity contribution < 1.29 is 4.79 Å². The number of amides is 1. The summed E-state index contributed by atoms with van der Waals surface area (Å²) in [5, 5.41) is 6.81. The molecule has 3 rings (SSSR count). The molecule has 0 aliphatic carbocycles. The normalized spacial score (nSPS) is 31.1. The number of carbonyl (C=O) groups excluding carboxylic acids is 1. The number of hydrogen-bond donors (Lipinski definition) is 2. The molecule has 3 fully saturated rings. The Hall–Kier alpha value is -0.360. The minimum absolute atomic E-state index is 0. The van der Waals surface area contributed by atoms with Crippen LogP contribution in [-0.4, -0.2) is 73.6 Å². The fourth-order valence-electron chi connectivity index (χ4n) is 4.77. The Balaban J connectivity index is 0.00000225. The molecule has 5 nitrogen and oxygen atoms in total. The molecule has 3 heterocycles. The van der Waals surface area contributed by atoms with Crippen molar-refractivity contribution in [2.24, 2.45) is 5.92 Å². The van der Waals surface area contributed by atoms with Crippen LogP contribution in [0.3, 0.4) is 0 Å². The van der Waals surface area contributed by atoms with E-state index in [0.717, 1.165) is 39.0 Å². The number of rotatable bonds is 4. The summed E-state index contributed by atoms with van der Waals surface area (Å²) in [6.07, 6.45) is 8.33. The predicted molar refractivity (Wildman–Crippen MR) is 105 cm³/mol. The second kappa shape index (κ2) is 9.54. The van der Waals surface area contributed by atoms with E-state index in [1.165, 1.54) is 45.2 Å². The van der Waals surface area contributed by atoms with Crippen LogP contribution < -0.4 is 10.6 Å². The van der Waals surface area contributed by atoms with Crippen molar-refractivity contribution in [2.45, 2.75) is 63.5 Å². The van der Waals surface area contributed by atoms with Gasteiger partial charge < -0.3 is 15.5 Å². The number of nitrogens with zero attached hydrogens (tertiary/aromatic N) is 2. The number of halogens is 1. The number of piperidine rings is 3. The molecule has 2 atom stereocenters. The van der Waals surface area contributed by atoms with E-state index >= 15 is 0 Å². The van der Waals surface area contributed by atoms with Gasteiger partial charge in [0.1, 0.15) is 0 Å². The highest BCUT2D eigenvalue weighted by Crippen LogP contribution is 2.31. The van der Waals surface area contributed by atoms with Gasteiger partial charge in [0.05, 0.1) is 0 Å². The van der Waals surface area contributed by atoms with Gasteiger partial charge in [-0.05, 0) is 85.2 Å². The minimum atomic E-state index is 0. The summed E-state index contributed by atoms with van der Waals surface area (Å²) in [6, 6.07) is 0.467. The van der Waals surface area contributed by atoms with Crippen molar-refractivity contribution >= 4 is 18.3 Å². The van der Waals surface area contributed by atoms with Crippen molar-refractivity contribution in [1.82, 2.24) is 20.4 Å². The SMILES string of the molecule is C[C@H]1C[C@@H](C(=O)NCC2(N3CCCCC3)CCN(C)CC2)CCN1.Cl. The van der Waals surface area contributed by atoms with Gasteiger partial charge in [0.15, 0.2) is 0 Å². The molecule has 146 valence electrons. The molecule has 0 aromatic rings. The first kappa shape index (κ1) is 20.9. The van der Waals surface area contributed by atoms with Crippen molar-refractivity contribution in [3.8, 4) is 0 Å². The molecule has 0 radical (unpaired) electrons. The molecular weight excluding hydrogens is 336 g/mol. The lowest BCUT2D eigenvalue weighted by Gasteiger charge is -2.50. The van der Waals surface area contributed by atoms with Crippen LogP contribution in [-0.2, 0) is 4.79 Å². The molecule has 0 aromatic heterocycles. The maximum Gasteiger partial charge on any atom is 0.223 e. The van der Waals surface area contributed by atoms with Gasteiger partial charge in [0.25, 0.3) is 0 Å². The summed E-state index contributed by atoms with van der Waals surface area (Å²) in [7, 11) is 2.22. The van der Waals surface area contributed by atoms with Gasteiger partial charge in [-0.2, -0.15) is 0 Å². The summed E-state index contributed by atoms with van der Waals surface area (Å²) in [5.74, 6) is 0.490. The van der Waals surface area contributed by atoms with Crippen LogP contribution in [0.25, 0.3) is 0 Å². The molecule has 0 spiro atoms. The summed E-state index contributed by atoms with van der Waals surface area (Å²) < 4.78 is 0. The van der Waals surface area contributed by atoms with Gasteiger partial charge in [0.2, 0.25) is 5.91 Å². The fourth-order valence-corrected chi connectivity index (χ4v) is 4.77. The quantitative estimate of drug-likeness (QED) is 0.790. The van der Waals surface area contributed by atoms with E-state index in [2.05, 4.69) is 34.4 Å². The van der Waals surface area contributed by atoms with Crippen molar-refractivity contribution in [3.05, 3.63) is 0 Å². The lowest BCUT2D eigenvalue weighted by atomic mass is 9.83. The van der Waals surface area contributed by atoms with Gasteiger partial charge in [-0.1, -0.05) is 6.42 Å². The molecular formula is C19H37ClN4O. The largest absolute Gasteiger partial charge is 0.354 e. The zero-order valence-corrected chi connectivity index (χ0v) is 16.9. The molecule has 3 aliphatic heterocycles. The van der Waals surface area contributed by atoms with Crippen molar-refractivity contribution in [3.63, 3.8) is 0 Å². The number of carbonyl (C=O) groups is 1. The van der Waals surface area contributed by atoms with E-state index in [1.807, 2.05) is 0 Å². The van der Waals surface area contributed by atoms with Crippen LogP contribution in [0, 0.1) is 5.92 Å². The lowest BCUT2D eigenvalue weighted by Crippen LogP contribution is -2.61. The highest BCUT2D eigenvalue weighted by molar-refractivity contribution is 5.85. The maximum absolute atomic E-state index is 12.7. The monoisotopic (exact) mass is 372 g/mol. The molecule has 0 bridgehead atoms. The Labute approximate surface area is 159 Å². The van der Waals surface area contributed by atoms with E-state index in [0.29, 0.717) is 11.9 Å². The van der Waals surface area contributed by atoms with Crippen LogP contribution in [0.1, 0.15) is 51.9 Å². The van der Waals surface area contributed by atoms with Crippen molar-refractivity contribution in [1.29, 1.82) is 0 Å². The van der Waals surface area contributed by atoms with Gasteiger partial charge in [-0.15, -0.1) is 12.4 Å². The van der Waals surface area contributed by atoms with E-state index < -0.39 is 0 Å². The first-order chi connectivity index (χ1) is 11.6. The predicted octanol–water partition coefficient (Wildman–Crippen LogP) is 1.86. The van der Waals surface area contributed by atoms with Crippen LogP contribution in [0.2, 0.25) is 0 Å². The average Bonchev–Trinajstić information content (AvgIpc) is 2.62. The van der Waals surface area contributed by atoms with Gasteiger partial charge in [-0.3, -0.25) is 9.69 Å². The van der Waals surface area contributed by atoms with Gasteiger partial charge in [0, 0.05) is 24.0 Å². The van der Waals surface area contributed by atoms with Crippen LogP contribution in [0.4, 0.5) is 0 Å². The molecule has 0 saturated carbocycles. The lowest BCUT2D eigenvalue weighted by molar-refractivity contribution is -0.127. The third-order valence-corrected chi connectivity index (χ3v) is 6.53. The molecule has 0 unspecified atom stereocenters. The maximum atomic E-state index is 12.7. The summed E-state index contributed by atoms with van der Waals surface area (Å²) in [6.45, 7) is 8.73. The highest BCUT2D eigenvalue weighted by atomic mass is 35.5. The Morgan fingerprint density at radius 3 is 2.48 bits per heavy atom. The third-order valence-electron chi connectivity index (χ3n) is 6.53. The topological polar surface area (TPSA) is 47.6 Å². The molecule has 1 amide bonds. The summed E-state index contributed by atoms with van der Waals surface area (Å²) >= 11 is 0. The molecule has 0 aromatic carbocycles. The summed E-state index contributed by atoms with van der Waals surface area (Å²) in [5.41, 5.74) is 0.196. The first-order valence-corrected chi connectivity index (χ1v) is 10.0. The van der Waals surface area contributed by atoms with Crippen LogP contribution in [0.15, 0.2) is 0 Å². The zero-order chi connectivity index (χ0) is 17.0. The average molecular weight is 373 g/mol. The molecule has 2 N–H and O–H groups in total.